The van der Waals surface area contributed by atoms with Crippen LogP contribution < -0.4 is 0 Å². The van der Waals surface area contributed by atoms with Crippen LogP contribution in [-0.4, -0.2) is 200 Å². The lowest BCUT2D eigenvalue weighted by atomic mass is 10.3. The number of nitrogens with zero attached hydrogens (tertiary/aromatic N) is 4. The van der Waals surface area contributed by atoms with E-state index in [-0.39, 0.29) is 19.6 Å². The van der Waals surface area contributed by atoms with Gasteiger partial charge in [-0.15, -0.1) is 6.42 Å². The molecule has 0 aromatic carbocycles. The number of halogens is 12. The largest absolute Gasteiger partial charge is 0.490 e. The third kappa shape index (κ3) is 37.0. The summed E-state index contributed by atoms with van der Waals surface area (Å²) in [7, 11) is 0. The van der Waals surface area contributed by atoms with E-state index in [4.69, 9.17) is 61.3 Å². The van der Waals surface area contributed by atoms with Crippen molar-refractivity contribution in [2.75, 3.05) is 78.5 Å². The molecular formula is C25H32F12N4O14. The van der Waals surface area contributed by atoms with Crippen LogP contribution in [-0.2, 0) is 33.6 Å². The van der Waals surface area contributed by atoms with Crippen molar-refractivity contribution < 1.29 is 122 Å². The molecular weight excluding hydrogens is 808 g/mol. The Labute approximate surface area is 299 Å². The van der Waals surface area contributed by atoms with Gasteiger partial charge in [0.1, 0.15) is 0 Å². The lowest BCUT2D eigenvalue weighted by Gasteiger charge is -2.32. The van der Waals surface area contributed by atoms with Gasteiger partial charge in [0.15, 0.2) is 0 Å². The number of aliphatic carboxylic acids is 7. The highest BCUT2D eigenvalue weighted by Crippen LogP contribution is 2.15. The summed E-state index contributed by atoms with van der Waals surface area (Å²) in [5.41, 5.74) is 0. The molecule has 0 aliphatic carbocycles. The number of terminal acetylenes is 1. The molecule has 0 aromatic heterocycles. The molecule has 0 saturated carbocycles. The van der Waals surface area contributed by atoms with Crippen LogP contribution in [0.4, 0.5) is 52.7 Å². The zero-order chi connectivity index (χ0) is 44.5. The first-order valence-electron chi connectivity index (χ1n) is 13.8. The molecule has 55 heavy (non-hydrogen) atoms. The Bertz CT molecular complexity index is 1160. The number of hydrogen-bond acceptors (Lipinski definition) is 11. The van der Waals surface area contributed by atoms with E-state index in [9.17, 15) is 67.1 Å². The summed E-state index contributed by atoms with van der Waals surface area (Å²) < 4.78 is 127. The molecule has 1 heterocycles. The standard InChI is InChI=1S/C17H28N4O6.4C2HF3O2/c1-2-3-18-4-6-19(12-15(22)23)8-10-21(14-17(26)27)11-9-20(7-5-18)13-16(24)25;4*3-2(4,5)1(6)7/h1H,3-14H2,(H,22,23)(H,24,25)(H,26,27);4*(H,6,7). The van der Waals surface area contributed by atoms with Gasteiger partial charge in [-0.25, -0.2) is 19.2 Å². The van der Waals surface area contributed by atoms with Crippen molar-refractivity contribution in [1.29, 1.82) is 0 Å². The Hall–Kier alpha value is -5.15. The summed E-state index contributed by atoms with van der Waals surface area (Å²) in [6.45, 7) is 3.61. The molecule has 1 fully saturated rings. The fourth-order valence-electron chi connectivity index (χ4n) is 2.91. The van der Waals surface area contributed by atoms with Gasteiger partial charge in [0, 0.05) is 52.4 Å². The molecule has 0 unspecified atom stereocenters. The first-order chi connectivity index (χ1) is 24.6. The minimum absolute atomic E-state index is 0.129. The summed E-state index contributed by atoms with van der Waals surface area (Å²) in [4.78, 5) is 76.1. The Morgan fingerprint density at radius 1 is 0.400 bits per heavy atom. The molecule has 0 spiro atoms. The summed E-state index contributed by atoms with van der Waals surface area (Å²) >= 11 is 0. The quantitative estimate of drug-likeness (QED) is 0.137. The molecule has 18 nitrogen and oxygen atoms in total. The zero-order valence-electron chi connectivity index (χ0n) is 27.4. The number of carbonyl (C=O) groups is 7. The molecule has 0 aromatic rings. The van der Waals surface area contributed by atoms with Crippen molar-refractivity contribution in [2.24, 2.45) is 0 Å². The van der Waals surface area contributed by atoms with Crippen molar-refractivity contribution in [2.45, 2.75) is 24.7 Å². The van der Waals surface area contributed by atoms with E-state index in [1.54, 1.807) is 14.7 Å². The van der Waals surface area contributed by atoms with Crippen molar-refractivity contribution in [3.63, 3.8) is 0 Å². The molecule has 0 amide bonds. The molecule has 0 radical (unpaired) electrons. The topological polar surface area (TPSA) is 274 Å². The van der Waals surface area contributed by atoms with Crippen molar-refractivity contribution >= 4 is 41.8 Å². The first kappa shape index (κ1) is 56.6. The minimum atomic E-state index is -5.08. The summed E-state index contributed by atoms with van der Waals surface area (Å²) in [5.74, 6) is -11.3. The molecule has 320 valence electrons. The molecule has 1 aliphatic heterocycles. The minimum Gasteiger partial charge on any atom is -0.480 e. The van der Waals surface area contributed by atoms with Gasteiger partial charge >= 0.3 is 66.5 Å². The third-order valence-corrected chi connectivity index (χ3v) is 5.29. The maximum Gasteiger partial charge on any atom is 0.490 e. The average Bonchev–Trinajstić information content (AvgIpc) is 2.97. The second-order valence-corrected chi connectivity index (χ2v) is 9.70. The smallest absolute Gasteiger partial charge is 0.480 e. The van der Waals surface area contributed by atoms with Gasteiger partial charge in [-0.3, -0.25) is 34.0 Å². The molecule has 0 bridgehead atoms. The predicted molar refractivity (Wildman–Crippen MR) is 152 cm³/mol. The van der Waals surface area contributed by atoms with Crippen LogP contribution in [0, 0.1) is 12.3 Å². The van der Waals surface area contributed by atoms with Crippen LogP contribution in [0.2, 0.25) is 0 Å². The lowest BCUT2D eigenvalue weighted by Crippen LogP contribution is -2.48. The highest BCUT2D eigenvalue weighted by Gasteiger charge is 2.40. The van der Waals surface area contributed by atoms with Crippen LogP contribution >= 0.6 is 0 Å². The fraction of sp³-hybridized carbons (Fsp3) is 0.640. The number of carboxylic acid groups (broad SMARTS) is 7. The van der Waals surface area contributed by atoms with Crippen molar-refractivity contribution in [3.8, 4) is 12.3 Å². The van der Waals surface area contributed by atoms with Crippen LogP contribution in [0.25, 0.3) is 0 Å². The van der Waals surface area contributed by atoms with Crippen LogP contribution in [0.5, 0.6) is 0 Å². The zero-order valence-corrected chi connectivity index (χ0v) is 27.4. The molecule has 1 rings (SSSR count). The Kier molecular flexibility index (Phi) is 27.4. The maximum absolute atomic E-state index is 11.1. The summed E-state index contributed by atoms with van der Waals surface area (Å²) in [5, 5.41) is 55.8. The van der Waals surface area contributed by atoms with Gasteiger partial charge in [-0.1, -0.05) is 5.92 Å². The fourth-order valence-corrected chi connectivity index (χ4v) is 2.91. The van der Waals surface area contributed by atoms with Crippen LogP contribution in [0.3, 0.4) is 0 Å². The maximum atomic E-state index is 11.1. The van der Waals surface area contributed by atoms with E-state index in [1.165, 1.54) is 0 Å². The van der Waals surface area contributed by atoms with Gasteiger partial charge in [-0.2, -0.15) is 52.7 Å². The van der Waals surface area contributed by atoms with E-state index >= 15 is 0 Å². The monoisotopic (exact) mass is 840 g/mol. The highest BCUT2D eigenvalue weighted by molar-refractivity contribution is 5.74. The highest BCUT2D eigenvalue weighted by atomic mass is 19.4. The third-order valence-electron chi connectivity index (χ3n) is 5.29. The number of hydrogen-bond donors (Lipinski definition) is 7. The van der Waals surface area contributed by atoms with E-state index < -0.39 is 66.5 Å². The molecule has 30 heteroatoms. The van der Waals surface area contributed by atoms with Gasteiger partial charge in [0.2, 0.25) is 0 Å². The molecule has 0 atom stereocenters. The van der Waals surface area contributed by atoms with Crippen LogP contribution in [0.15, 0.2) is 0 Å². The second kappa shape index (κ2) is 26.6. The van der Waals surface area contributed by atoms with E-state index in [1.807, 2.05) is 4.90 Å². The number of carboxylic acids is 7. The van der Waals surface area contributed by atoms with Gasteiger partial charge in [0.05, 0.1) is 26.2 Å². The molecule has 1 saturated heterocycles. The summed E-state index contributed by atoms with van der Waals surface area (Å²) in [6, 6.07) is 0. The first-order valence-corrected chi connectivity index (χ1v) is 13.8. The van der Waals surface area contributed by atoms with Gasteiger partial charge < -0.3 is 35.7 Å². The van der Waals surface area contributed by atoms with Crippen molar-refractivity contribution in [3.05, 3.63) is 0 Å². The van der Waals surface area contributed by atoms with Crippen LogP contribution in [0.1, 0.15) is 0 Å². The molecule has 1 aliphatic rings. The molecule has 7 N–H and O–H groups in total. The normalized spacial score (nSPS) is 15.3. The second-order valence-electron chi connectivity index (χ2n) is 9.70. The summed E-state index contributed by atoms with van der Waals surface area (Å²) in [6.07, 6.45) is -14.9. The van der Waals surface area contributed by atoms with Gasteiger partial charge in [-0.05, 0) is 0 Å². The van der Waals surface area contributed by atoms with E-state index in [0.29, 0.717) is 58.9 Å². The van der Waals surface area contributed by atoms with E-state index in [2.05, 4.69) is 5.92 Å². The average molecular weight is 841 g/mol. The lowest BCUT2D eigenvalue weighted by molar-refractivity contribution is -0.193. The Balaban J connectivity index is -0.000000373. The van der Waals surface area contributed by atoms with E-state index in [0.717, 1.165) is 0 Å². The number of alkyl halides is 12. The predicted octanol–water partition coefficient (Wildman–Crippen LogP) is 0.628. The number of rotatable bonds is 7. The Morgan fingerprint density at radius 3 is 0.655 bits per heavy atom. The Morgan fingerprint density at radius 2 is 0.545 bits per heavy atom. The van der Waals surface area contributed by atoms with Crippen molar-refractivity contribution in [1.82, 2.24) is 19.6 Å². The van der Waals surface area contributed by atoms with Gasteiger partial charge in [0.25, 0.3) is 0 Å². The SMILES string of the molecule is C#CCN1CCN(CC(=O)O)CCN(CC(=O)O)CCN(CC(=O)O)CC1.O=C(O)C(F)(F)F.O=C(O)C(F)(F)F.O=C(O)C(F)(F)F.O=C(O)C(F)(F)F.